The highest BCUT2D eigenvalue weighted by molar-refractivity contribution is 7.56. The Morgan fingerprint density at radius 2 is 1.50 bits per heavy atom. The molecule has 0 aliphatic rings. The summed E-state index contributed by atoms with van der Waals surface area (Å²) in [6.07, 6.45) is 0. The molecule has 0 aromatic heterocycles. The van der Waals surface area contributed by atoms with Crippen LogP contribution in [0.2, 0.25) is 0 Å². The van der Waals surface area contributed by atoms with Gasteiger partial charge in [0.05, 0.1) is 0 Å². The van der Waals surface area contributed by atoms with E-state index < -0.39 is 7.37 Å². The maximum Gasteiger partial charge on any atom is 0.194 e. The summed E-state index contributed by atoms with van der Waals surface area (Å²) in [7, 11) is -2.64. The van der Waals surface area contributed by atoms with Gasteiger partial charge in [-0.1, -0.05) is 7.43 Å². The molecular formula is C3H11O2P. The van der Waals surface area contributed by atoms with E-state index in [1.807, 2.05) is 0 Å². The van der Waals surface area contributed by atoms with Crippen LogP contribution < -0.4 is 0 Å². The molecule has 1 N–H and O–H groups in total. The quantitative estimate of drug-likeness (QED) is 0.475. The first kappa shape index (κ1) is 9.50. The van der Waals surface area contributed by atoms with Crippen LogP contribution >= 0.6 is 7.37 Å². The van der Waals surface area contributed by atoms with E-state index in [-0.39, 0.29) is 7.43 Å². The number of hydrogen-bond donors (Lipinski definition) is 1. The Morgan fingerprint density at radius 3 is 1.50 bits per heavy atom. The molecule has 0 rings (SSSR count). The summed E-state index contributed by atoms with van der Waals surface area (Å²) >= 11 is 0. The summed E-state index contributed by atoms with van der Waals surface area (Å²) < 4.78 is 9.77. The first-order chi connectivity index (χ1) is 2.00. The largest absolute Gasteiger partial charge is 0.345 e. The Kier molecular flexibility index (Phi) is 3.76. The molecule has 0 unspecified atom stereocenters. The molecule has 6 heavy (non-hydrogen) atoms. The molecule has 0 fully saturated rings. The minimum atomic E-state index is -2.64. The van der Waals surface area contributed by atoms with Gasteiger partial charge in [0.1, 0.15) is 0 Å². The molecule has 0 amide bonds. The third kappa shape index (κ3) is 1180. The molecule has 0 aliphatic heterocycles. The van der Waals surface area contributed by atoms with Crippen LogP contribution in [0.1, 0.15) is 7.43 Å². The van der Waals surface area contributed by atoms with E-state index in [0.29, 0.717) is 0 Å². The maximum absolute atomic E-state index is 9.77. The highest BCUT2D eigenvalue weighted by Gasteiger charge is 1.92. The smallest absolute Gasteiger partial charge is 0.194 e. The molecule has 0 bridgehead atoms. The Balaban J connectivity index is 0. The third-order valence-electron chi connectivity index (χ3n) is 0. The van der Waals surface area contributed by atoms with Crippen molar-refractivity contribution in [3.05, 3.63) is 0 Å². The second-order valence-corrected chi connectivity index (χ2v) is 3.88. The van der Waals surface area contributed by atoms with Crippen LogP contribution in [0.4, 0.5) is 0 Å². The zero-order chi connectivity index (χ0) is 4.50. The van der Waals surface area contributed by atoms with Crippen molar-refractivity contribution >= 4 is 7.37 Å². The van der Waals surface area contributed by atoms with E-state index in [9.17, 15) is 4.57 Å². The summed E-state index contributed by atoms with van der Waals surface area (Å²) in [5.41, 5.74) is 0. The topological polar surface area (TPSA) is 37.3 Å². The summed E-state index contributed by atoms with van der Waals surface area (Å²) in [6, 6.07) is 0. The summed E-state index contributed by atoms with van der Waals surface area (Å²) in [5.74, 6) is 0. The summed E-state index contributed by atoms with van der Waals surface area (Å²) in [4.78, 5) is 8.08. The van der Waals surface area contributed by atoms with Gasteiger partial charge in [0.2, 0.25) is 0 Å². The second-order valence-electron chi connectivity index (χ2n) is 1.29. The predicted molar refractivity (Wildman–Crippen MR) is 28.4 cm³/mol. The Bertz CT molecular complexity index is 54.9. The SMILES string of the molecule is C.CP(C)(=O)O. The molecule has 0 aromatic rings. The highest BCUT2D eigenvalue weighted by Crippen LogP contribution is 2.27. The summed E-state index contributed by atoms with van der Waals surface area (Å²) in [5, 5.41) is 0. The number of rotatable bonds is 0. The van der Waals surface area contributed by atoms with Crippen LogP contribution in [0.25, 0.3) is 0 Å². The van der Waals surface area contributed by atoms with Crippen molar-refractivity contribution in [3.8, 4) is 0 Å². The van der Waals surface area contributed by atoms with E-state index in [1.54, 1.807) is 0 Å². The molecule has 3 heteroatoms. The molecule has 0 saturated carbocycles. The molecule has 0 radical (unpaired) electrons. The summed E-state index contributed by atoms with van der Waals surface area (Å²) in [6.45, 7) is 2.60. The molecule has 0 spiro atoms. The average Bonchev–Trinajstić information content (AvgIpc) is 0.722. The van der Waals surface area contributed by atoms with Crippen molar-refractivity contribution in [1.29, 1.82) is 0 Å². The fourth-order valence-electron chi connectivity index (χ4n) is 0. The van der Waals surface area contributed by atoms with Crippen molar-refractivity contribution in [1.82, 2.24) is 0 Å². The van der Waals surface area contributed by atoms with Crippen LogP contribution in [0.15, 0.2) is 0 Å². The van der Waals surface area contributed by atoms with E-state index in [4.69, 9.17) is 4.89 Å². The van der Waals surface area contributed by atoms with Gasteiger partial charge in [-0.05, 0) is 0 Å². The minimum Gasteiger partial charge on any atom is -0.345 e. The molecule has 2 nitrogen and oxygen atoms in total. The van der Waals surface area contributed by atoms with Gasteiger partial charge in [0.25, 0.3) is 0 Å². The Labute approximate surface area is 38.6 Å². The molecule has 0 saturated heterocycles. The molecule has 40 valence electrons. The zero-order valence-corrected chi connectivity index (χ0v) is 4.20. The predicted octanol–water partition coefficient (Wildman–Crippen LogP) is 1.15. The first-order valence-corrected chi connectivity index (χ1v) is 3.83. The zero-order valence-electron chi connectivity index (χ0n) is 3.30. The Hall–Kier alpha value is 0.190. The van der Waals surface area contributed by atoms with Gasteiger partial charge in [-0.3, -0.25) is 4.57 Å². The van der Waals surface area contributed by atoms with Crippen molar-refractivity contribution < 1.29 is 9.46 Å². The van der Waals surface area contributed by atoms with Crippen molar-refractivity contribution in [2.24, 2.45) is 0 Å². The van der Waals surface area contributed by atoms with Gasteiger partial charge in [-0.25, -0.2) is 0 Å². The lowest BCUT2D eigenvalue weighted by Gasteiger charge is -1.86. The van der Waals surface area contributed by atoms with Gasteiger partial charge >= 0.3 is 0 Å². The molecule has 0 heterocycles. The van der Waals surface area contributed by atoms with Crippen LogP contribution in [0, 0.1) is 0 Å². The normalized spacial score (nSPS) is 9.83. The molecule has 0 aromatic carbocycles. The van der Waals surface area contributed by atoms with E-state index in [1.165, 1.54) is 13.3 Å². The number of hydrogen-bond acceptors (Lipinski definition) is 1. The van der Waals surface area contributed by atoms with Crippen molar-refractivity contribution in [2.75, 3.05) is 13.3 Å². The second kappa shape index (κ2) is 2.38. The third-order valence-corrected chi connectivity index (χ3v) is 0. The lowest BCUT2D eigenvalue weighted by Crippen LogP contribution is -1.62. The lowest BCUT2D eigenvalue weighted by atomic mass is 11.9. The maximum atomic E-state index is 9.77. The van der Waals surface area contributed by atoms with Gasteiger partial charge in [-0.15, -0.1) is 0 Å². The van der Waals surface area contributed by atoms with Crippen molar-refractivity contribution in [3.63, 3.8) is 0 Å². The fourth-order valence-corrected chi connectivity index (χ4v) is 0. The molecular weight excluding hydrogens is 99.0 g/mol. The highest BCUT2D eigenvalue weighted by atomic mass is 31.2. The molecule has 0 aliphatic carbocycles. The lowest BCUT2D eigenvalue weighted by molar-refractivity contribution is 0.492. The van der Waals surface area contributed by atoms with E-state index in [0.717, 1.165) is 0 Å². The van der Waals surface area contributed by atoms with E-state index in [2.05, 4.69) is 0 Å². The van der Waals surface area contributed by atoms with Crippen LogP contribution in [-0.4, -0.2) is 18.2 Å². The van der Waals surface area contributed by atoms with Gasteiger partial charge < -0.3 is 4.89 Å². The monoisotopic (exact) mass is 110 g/mol. The van der Waals surface area contributed by atoms with Crippen molar-refractivity contribution in [2.45, 2.75) is 7.43 Å². The van der Waals surface area contributed by atoms with Gasteiger partial charge in [0.15, 0.2) is 7.37 Å². The van der Waals surface area contributed by atoms with Gasteiger partial charge in [0, 0.05) is 13.3 Å². The Morgan fingerprint density at radius 1 is 1.50 bits per heavy atom. The average molecular weight is 110 g/mol. The first-order valence-electron chi connectivity index (χ1n) is 1.28. The molecule has 0 atom stereocenters. The van der Waals surface area contributed by atoms with Crippen LogP contribution in [0.3, 0.4) is 0 Å². The standard InChI is InChI=1S/C2H7O2P.CH4/c1-5(2,3)4;/h1-2H3,(H,3,4);1H4. The fraction of sp³-hybridized carbons (Fsp3) is 1.00. The minimum absolute atomic E-state index is 0. The van der Waals surface area contributed by atoms with Gasteiger partial charge in [-0.2, -0.15) is 0 Å². The van der Waals surface area contributed by atoms with Crippen LogP contribution in [-0.2, 0) is 4.57 Å². The van der Waals surface area contributed by atoms with E-state index >= 15 is 0 Å². The van der Waals surface area contributed by atoms with Crippen LogP contribution in [0.5, 0.6) is 0 Å².